The maximum atomic E-state index is 12.4. The predicted octanol–water partition coefficient (Wildman–Crippen LogP) is 1.98. The molecule has 0 aliphatic heterocycles. The van der Waals surface area contributed by atoms with E-state index in [0.29, 0.717) is 18.6 Å². The lowest BCUT2D eigenvalue weighted by molar-refractivity contribution is 0.110. The Balaban J connectivity index is 2.22. The number of aliphatic hydroxyl groups is 1. The Labute approximate surface area is 126 Å². The lowest BCUT2D eigenvalue weighted by atomic mass is 9.78. The van der Waals surface area contributed by atoms with Gasteiger partial charge in [-0.2, -0.15) is 0 Å². The van der Waals surface area contributed by atoms with Gasteiger partial charge in [0.05, 0.1) is 23.1 Å². The molecule has 2 N–H and O–H groups in total. The number of ether oxygens (including phenoxy) is 1. The summed E-state index contributed by atoms with van der Waals surface area (Å²) in [6.45, 7) is 5.50. The molecule has 0 bridgehead atoms. The molecule has 0 radical (unpaired) electrons. The van der Waals surface area contributed by atoms with Crippen molar-refractivity contribution < 1.29 is 18.3 Å². The fraction of sp³-hybridized carbons (Fsp3) is 0.600. The van der Waals surface area contributed by atoms with Gasteiger partial charge in [0.2, 0.25) is 10.0 Å². The minimum atomic E-state index is -3.62. The monoisotopic (exact) mass is 313 g/mol. The number of aliphatic hydroxyl groups excluding tert-OH is 1. The van der Waals surface area contributed by atoms with Crippen LogP contribution in [0.5, 0.6) is 5.75 Å². The first-order valence-electron chi connectivity index (χ1n) is 7.20. The summed E-state index contributed by atoms with van der Waals surface area (Å²) in [5.74, 6) is 0.685. The molecule has 1 fully saturated rings. The van der Waals surface area contributed by atoms with Crippen LogP contribution in [0.2, 0.25) is 0 Å². The van der Waals surface area contributed by atoms with Gasteiger partial charge in [0.1, 0.15) is 5.75 Å². The summed E-state index contributed by atoms with van der Waals surface area (Å²) in [6, 6.07) is 4.82. The minimum absolute atomic E-state index is 0.0388. The number of aryl methyl sites for hydroxylation is 1. The Morgan fingerprint density at radius 2 is 2.05 bits per heavy atom. The molecule has 0 spiro atoms. The highest BCUT2D eigenvalue weighted by Crippen LogP contribution is 2.33. The second-order valence-electron chi connectivity index (χ2n) is 5.99. The molecule has 5 nitrogen and oxygen atoms in total. The summed E-state index contributed by atoms with van der Waals surface area (Å²) in [4.78, 5) is 0.204. The van der Waals surface area contributed by atoms with Crippen molar-refractivity contribution >= 4 is 10.0 Å². The summed E-state index contributed by atoms with van der Waals surface area (Å²) in [7, 11) is -3.62. The Kier molecular flexibility index (Phi) is 4.60. The highest BCUT2D eigenvalue weighted by Gasteiger charge is 2.40. The number of sulfonamides is 1. The van der Waals surface area contributed by atoms with Gasteiger partial charge in [0.15, 0.2) is 0 Å². The summed E-state index contributed by atoms with van der Waals surface area (Å²) in [5, 5.41) is 9.40. The van der Waals surface area contributed by atoms with Crippen molar-refractivity contribution in [1.29, 1.82) is 0 Å². The molecule has 0 aromatic heterocycles. The number of rotatable bonds is 6. The van der Waals surface area contributed by atoms with Gasteiger partial charge in [-0.05, 0) is 63.8 Å². The zero-order valence-electron chi connectivity index (χ0n) is 12.7. The minimum Gasteiger partial charge on any atom is -0.491 e. The van der Waals surface area contributed by atoms with Crippen molar-refractivity contribution in [1.82, 2.24) is 4.72 Å². The van der Waals surface area contributed by atoms with Crippen LogP contribution in [-0.2, 0) is 10.0 Å². The van der Waals surface area contributed by atoms with E-state index in [1.54, 1.807) is 12.1 Å². The molecule has 2 rings (SSSR count). The van der Waals surface area contributed by atoms with Crippen LogP contribution in [0.15, 0.2) is 23.1 Å². The van der Waals surface area contributed by atoms with Crippen LogP contribution < -0.4 is 9.46 Å². The molecule has 1 aromatic rings. The van der Waals surface area contributed by atoms with Gasteiger partial charge in [-0.1, -0.05) is 0 Å². The zero-order valence-corrected chi connectivity index (χ0v) is 13.5. The fourth-order valence-corrected chi connectivity index (χ4v) is 3.95. The van der Waals surface area contributed by atoms with Gasteiger partial charge >= 0.3 is 0 Å². The van der Waals surface area contributed by atoms with E-state index in [4.69, 9.17) is 4.74 Å². The van der Waals surface area contributed by atoms with Gasteiger partial charge in [0, 0.05) is 0 Å². The molecular formula is C15H23NO4S. The van der Waals surface area contributed by atoms with Crippen molar-refractivity contribution in [3.63, 3.8) is 0 Å². The van der Waals surface area contributed by atoms with Crippen molar-refractivity contribution in [2.45, 2.75) is 56.6 Å². The third-order valence-corrected chi connectivity index (χ3v) is 5.36. The van der Waals surface area contributed by atoms with E-state index in [1.807, 2.05) is 20.8 Å². The van der Waals surface area contributed by atoms with E-state index in [9.17, 15) is 13.5 Å². The molecule has 1 saturated carbocycles. The lowest BCUT2D eigenvalue weighted by Gasteiger charge is -2.40. The molecule has 0 unspecified atom stereocenters. The molecule has 0 saturated heterocycles. The maximum Gasteiger partial charge on any atom is 0.241 e. The van der Waals surface area contributed by atoms with E-state index in [1.165, 1.54) is 6.07 Å². The standard InChI is InChI=1S/C15H23NO4S/c1-11(2)20-14-6-5-13(9-12(14)3)21(18,19)16-15(10-17)7-4-8-15/h5-6,9,11,16-17H,4,7-8,10H2,1-3H3. The van der Waals surface area contributed by atoms with Gasteiger partial charge in [-0.15, -0.1) is 0 Å². The molecule has 1 aliphatic rings. The van der Waals surface area contributed by atoms with E-state index in [-0.39, 0.29) is 17.6 Å². The molecule has 0 heterocycles. The van der Waals surface area contributed by atoms with Crippen LogP contribution in [0.4, 0.5) is 0 Å². The number of hydrogen-bond acceptors (Lipinski definition) is 4. The first-order valence-corrected chi connectivity index (χ1v) is 8.68. The average Bonchev–Trinajstić information content (AvgIpc) is 2.36. The quantitative estimate of drug-likeness (QED) is 0.842. The Morgan fingerprint density at radius 3 is 2.48 bits per heavy atom. The van der Waals surface area contributed by atoms with Crippen molar-refractivity contribution in [2.75, 3.05) is 6.61 Å². The van der Waals surface area contributed by atoms with Gasteiger partial charge in [-0.25, -0.2) is 13.1 Å². The molecule has 0 amide bonds. The average molecular weight is 313 g/mol. The Bertz CT molecular complexity index is 601. The highest BCUT2D eigenvalue weighted by atomic mass is 32.2. The SMILES string of the molecule is Cc1cc(S(=O)(=O)NC2(CO)CCC2)ccc1OC(C)C. The second-order valence-corrected chi connectivity index (χ2v) is 7.67. The first-order chi connectivity index (χ1) is 9.78. The molecule has 21 heavy (non-hydrogen) atoms. The Morgan fingerprint density at radius 1 is 1.38 bits per heavy atom. The third-order valence-electron chi connectivity index (χ3n) is 3.78. The summed E-state index contributed by atoms with van der Waals surface area (Å²) in [6.07, 6.45) is 2.33. The van der Waals surface area contributed by atoms with Gasteiger partial charge < -0.3 is 9.84 Å². The van der Waals surface area contributed by atoms with Crippen LogP contribution in [0, 0.1) is 6.92 Å². The number of nitrogens with one attached hydrogen (secondary N) is 1. The Hall–Kier alpha value is -1.11. The van der Waals surface area contributed by atoms with Crippen LogP contribution in [0.1, 0.15) is 38.7 Å². The summed E-state index contributed by atoms with van der Waals surface area (Å²) in [5.41, 5.74) is 0.0954. The van der Waals surface area contributed by atoms with Crippen LogP contribution in [-0.4, -0.2) is 31.8 Å². The van der Waals surface area contributed by atoms with E-state index < -0.39 is 15.6 Å². The summed E-state index contributed by atoms with van der Waals surface area (Å²) < 4.78 is 33.1. The van der Waals surface area contributed by atoms with E-state index >= 15 is 0 Å². The van der Waals surface area contributed by atoms with Crippen LogP contribution in [0.3, 0.4) is 0 Å². The molecular weight excluding hydrogens is 290 g/mol. The lowest BCUT2D eigenvalue weighted by Crippen LogP contribution is -2.55. The highest BCUT2D eigenvalue weighted by molar-refractivity contribution is 7.89. The first kappa shape index (κ1) is 16.3. The molecule has 0 atom stereocenters. The van der Waals surface area contributed by atoms with Gasteiger partial charge in [-0.3, -0.25) is 0 Å². The maximum absolute atomic E-state index is 12.4. The van der Waals surface area contributed by atoms with Crippen molar-refractivity contribution in [3.05, 3.63) is 23.8 Å². The topological polar surface area (TPSA) is 75.6 Å². The molecule has 1 aliphatic carbocycles. The van der Waals surface area contributed by atoms with Crippen molar-refractivity contribution in [3.8, 4) is 5.75 Å². The normalized spacial score (nSPS) is 17.6. The molecule has 6 heteroatoms. The van der Waals surface area contributed by atoms with E-state index in [0.717, 1.165) is 12.0 Å². The van der Waals surface area contributed by atoms with Crippen LogP contribution >= 0.6 is 0 Å². The summed E-state index contributed by atoms with van der Waals surface area (Å²) >= 11 is 0. The van der Waals surface area contributed by atoms with Gasteiger partial charge in [0.25, 0.3) is 0 Å². The second kappa shape index (κ2) is 5.94. The predicted molar refractivity (Wildman–Crippen MR) is 80.9 cm³/mol. The largest absolute Gasteiger partial charge is 0.491 e. The van der Waals surface area contributed by atoms with Crippen molar-refractivity contribution in [2.24, 2.45) is 0 Å². The van der Waals surface area contributed by atoms with E-state index in [2.05, 4.69) is 4.72 Å². The number of benzene rings is 1. The smallest absolute Gasteiger partial charge is 0.241 e. The molecule has 118 valence electrons. The zero-order chi connectivity index (χ0) is 15.7. The van der Waals surface area contributed by atoms with Crippen LogP contribution in [0.25, 0.3) is 0 Å². The third kappa shape index (κ3) is 3.56. The number of hydrogen-bond donors (Lipinski definition) is 2. The molecule has 1 aromatic carbocycles. The fourth-order valence-electron chi connectivity index (χ4n) is 2.42.